The van der Waals surface area contributed by atoms with Crippen molar-refractivity contribution in [3.63, 3.8) is 0 Å². The van der Waals surface area contributed by atoms with E-state index in [1.54, 1.807) is 30.3 Å². The molecule has 11 nitrogen and oxygen atoms in total. The van der Waals surface area contributed by atoms with Gasteiger partial charge in [-0.05, 0) is 54.6 Å². The summed E-state index contributed by atoms with van der Waals surface area (Å²) in [6.07, 6.45) is 2.59. The smallest absolute Gasteiger partial charge is 0.294 e. The Labute approximate surface area is 215 Å². The maximum Gasteiger partial charge on any atom is 0.294 e. The molecule has 1 saturated heterocycles. The molecule has 2 heterocycles. The number of methoxy groups -OCH3 is 1. The lowest BCUT2D eigenvalue weighted by atomic mass is 10.2. The molecule has 0 aliphatic carbocycles. The normalized spacial score (nSPS) is 14.1. The number of imide groups is 1. The summed E-state index contributed by atoms with van der Waals surface area (Å²) in [5.41, 5.74) is 1.98. The third kappa shape index (κ3) is 6.11. The highest BCUT2D eigenvalue weighted by molar-refractivity contribution is 8.18. The molecule has 37 heavy (non-hydrogen) atoms. The number of aromatic nitrogens is 1. The van der Waals surface area contributed by atoms with E-state index in [-0.39, 0.29) is 16.5 Å². The van der Waals surface area contributed by atoms with Gasteiger partial charge >= 0.3 is 0 Å². The van der Waals surface area contributed by atoms with Crippen molar-refractivity contribution in [2.24, 2.45) is 0 Å². The Morgan fingerprint density at radius 2 is 1.89 bits per heavy atom. The van der Waals surface area contributed by atoms with E-state index >= 15 is 0 Å². The predicted octanol–water partition coefficient (Wildman–Crippen LogP) is 4.77. The molecule has 0 atom stereocenters. The largest absolute Gasteiger partial charge is 0.493 e. The number of rotatable bonds is 8. The van der Waals surface area contributed by atoms with Crippen LogP contribution in [0.3, 0.4) is 0 Å². The average molecular weight is 521 g/mol. The molecule has 0 unspecified atom stereocenters. The topological polar surface area (TPSA) is 141 Å². The number of hydrogen-bond donors (Lipinski definition) is 1. The van der Waals surface area contributed by atoms with Crippen LogP contribution in [0.2, 0.25) is 0 Å². The standard InChI is InChI=1S/C25H20N4O7S/c1-15-3-6-17(7-4-15)27-22(30)14-28-24(31)21(37-25(28)32)12-16-5-9-19(20(11-16)35-2)36-23-10-8-18(13-26-23)29(33)34/h3-13H,14H2,1-2H3,(H,27,30)/b21-12+. The fourth-order valence-electron chi connectivity index (χ4n) is 3.28. The van der Waals surface area contributed by atoms with Crippen LogP contribution < -0.4 is 14.8 Å². The van der Waals surface area contributed by atoms with Gasteiger partial charge in [0.25, 0.3) is 16.8 Å². The van der Waals surface area contributed by atoms with Gasteiger partial charge in [-0.2, -0.15) is 0 Å². The van der Waals surface area contributed by atoms with Crippen molar-refractivity contribution in [2.45, 2.75) is 6.92 Å². The minimum absolute atomic E-state index is 0.127. The van der Waals surface area contributed by atoms with Crippen LogP contribution in [0, 0.1) is 17.0 Å². The van der Waals surface area contributed by atoms with Crippen LogP contribution in [0.5, 0.6) is 17.4 Å². The number of nitrogens with zero attached hydrogens (tertiary/aromatic N) is 3. The summed E-state index contributed by atoms with van der Waals surface area (Å²) in [6.45, 7) is 1.51. The second-order valence-corrected chi connectivity index (χ2v) is 8.80. The number of carbonyl (C=O) groups is 3. The molecule has 3 aromatic rings. The number of thioether (sulfide) groups is 1. The fourth-order valence-corrected chi connectivity index (χ4v) is 4.12. The summed E-state index contributed by atoms with van der Waals surface area (Å²) in [5, 5.41) is 12.9. The van der Waals surface area contributed by atoms with Crippen LogP contribution in [0.4, 0.5) is 16.2 Å². The second kappa shape index (κ2) is 10.9. The van der Waals surface area contributed by atoms with Crippen molar-refractivity contribution in [3.8, 4) is 17.4 Å². The molecule has 188 valence electrons. The molecule has 3 amide bonds. The monoisotopic (exact) mass is 520 g/mol. The van der Waals surface area contributed by atoms with E-state index in [0.717, 1.165) is 28.4 Å². The Hall–Kier alpha value is -4.71. The maximum absolute atomic E-state index is 12.8. The number of carbonyl (C=O) groups excluding carboxylic acids is 3. The van der Waals surface area contributed by atoms with Crippen LogP contribution in [-0.2, 0) is 9.59 Å². The number of benzene rings is 2. The summed E-state index contributed by atoms with van der Waals surface area (Å²) in [5.74, 6) is -0.340. The summed E-state index contributed by atoms with van der Waals surface area (Å²) in [4.78, 5) is 52.8. The van der Waals surface area contributed by atoms with Crippen molar-refractivity contribution < 1.29 is 28.8 Å². The molecule has 1 N–H and O–H groups in total. The number of anilines is 1. The van der Waals surface area contributed by atoms with Gasteiger partial charge in [-0.25, -0.2) is 4.98 Å². The summed E-state index contributed by atoms with van der Waals surface area (Å²) < 4.78 is 11.0. The highest BCUT2D eigenvalue weighted by atomic mass is 32.2. The number of ether oxygens (including phenoxy) is 2. The molecule has 4 rings (SSSR count). The van der Waals surface area contributed by atoms with Crippen LogP contribution in [0.15, 0.2) is 65.7 Å². The van der Waals surface area contributed by atoms with Gasteiger partial charge in [0.05, 0.1) is 16.9 Å². The summed E-state index contributed by atoms with van der Waals surface area (Å²) in [7, 11) is 1.43. The predicted molar refractivity (Wildman–Crippen MR) is 136 cm³/mol. The van der Waals surface area contributed by atoms with Gasteiger partial charge in [-0.3, -0.25) is 29.4 Å². The Morgan fingerprint density at radius 1 is 1.14 bits per heavy atom. The highest BCUT2D eigenvalue weighted by Crippen LogP contribution is 2.36. The van der Waals surface area contributed by atoms with Crippen molar-refractivity contribution in [2.75, 3.05) is 19.0 Å². The molecular formula is C25H20N4O7S. The van der Waals surface area contributed by atoms with Crippen molar-refractivity contribution in [1.82, 2.24) is 9.88 Å². The number of nitro groups is 1. The molecule has 0 bridgehead atoms. The van der Waals surface area contributed by atoms with Crippen LogP contribution >= 0.6 is 11.8 Å². The molecular weight excluding hydrogens is 500 g/mol. The Bertz CT molecular complexity index is 1410. The molecule has 1 fully saturated rings. The number of nitrogens with one attached hydrogen (secondary N) is 1. The van der Waals surface area contributed by atoms with E-state index in [0.29, 0.717) is 22.7 Å². The van der Waals surface area contributed by atoms with Gasteiger partial charge in [-0.1, -0.05) is 23.8 Å². The van der Waals surface area contributed by atoms with E-state index in [2.05, 4.69) is 10.3 Å². The van der Waals surface area contributed by atoms with Gasteiger partial charge < -0.3 is 14.8 Å². The minimum Gasteiger partial charge on any atom is -0.493 e. The average Bonchev–Trinajstić information content (AvgIpc) is 3.13. The van der Waals surface area contributed by atoms with Gasteiger partial charge in [0.15, 0.2) is 11.5 Å². The zero-order valence-corrected chi connectivity index (χ0v) is 20.5. The molecule has 1 aromatic heterocycles. The molecule has 0 spiro atoms. The third-order valence-corrected chi connectivity index (χ3v) is 6.05. The maximum atomic E-state index is 12.8. The first-order valence-electron chi connectivity index (χ1n) is 10.8. The second-order valence-electron chi connectivity index (χ2n) is 7.81. The number of pyridine rings is 1. The van der Waals surface area contributed by atoms with Gasteiger partial charge in [0.2, 0.25) is 11.8 Å². The lowest BCUT2D eigenvalue weighted by Gasteiger charge is -2.12. The zero-order chi connectivity index (χ0) is 26.5. The van der Waals surface area contributed by atoms with Gasteiger partial charge in [0.1, 0.15) is 12.7 Å². The third-order valence-electron chi connectivity index (χ3n) is 5.14. The molecule has 0 saturated carbocycles. The Balaban J connectivity index is 1.45. The molecule has 1 aliphatic heterocycles. The van der Waals surface area contributed by atoms with E-state index in [1.807, 2.05) is 19.1 Å². The van der Waals surface area contributed by atoms with Crippen LogP contribution in [0.25, 0.3) is 6.08 Å². The Kier molecular flexibility index (Phi) is 7.49. The van der Waals surface area contributed by atoms with Gasteiger partial charge in [0, 0.05) is 17.8 Å². The number of aryl methyl sites for hydroxylation is 1. The van der Waals surface area contributed by atoms with Crippen LogP contribution in [0.1, 0.15) is 11.1 Å². The van der Waals surface area contributed by atoms with E-state index < -0.39 is 28.5 Å². The zero-order valence-electron chi connectivity index (χ0n) is 19.7. The first-order chi connectivity index (χ1) is 17.7. The number of hydrogen-bond acceptors (Lipinski definition) is 9. The Morgan fingerprint density at radius 3 is 2.54 bits per heavy atom. The number of amides is 3. The lowest BCUT2D eigenvalue weighted by Crippen LogP contribution is -2.36. The summed E-state index contributed by atoms with van der Waals surface area (Å²) >= 11 is 0.732. The van der Waals surface area contributed by atoms with Crippen molar-refractivity contribution >= 4 is 46.3 Å². The summed E-state index contributed by atoms with van der Waals surface area (Å²) in [6, 6.07) is 14.6. The van der Waals surface area contributed by atoms with E-state index in [4.69, 9.17) is 9.47 Å². The highest BCUT2D eigenvalue weighted by Gasteiger charge is 2.36. The first-order valence-corrected chi connectivity index (χ1v) is 11.6. The quantitative estimate of drug-likeness (QED) is 0.252. The van der Waals surface area contributed by atoms with Crippen molar-refractivity contribution in [3.05, 3.63) is 86.9 Å². The molecule has 2 aromatic carbocycles. The fraction of sp³-hybridized carbons (Fsp3) is 0.120. The SMILES string of the molecule is COc1cc(/C=C2/SC(=O)N(CC(=O)Nc3ccc(C)cc3)C2=O)ccc1Oc1ccc([N+](=O)[O-])cn1. The molecule has 12 heteroatoms. The van der Waals surface area contributed by atoms with Crippen LogP contribution in [-0.4, -0.2) is 45.5 Å². The van der Waals surface area contributed by atoms with Gasteiger partial charge in [-0.15, -0.1) is 0 Å². The van der Waals surface area contributed by atoms with E-state index in [9.17, 15) is 24.5 Å². The lowest BCUT2D eigenvalue weighted by molar-refractivity contribution is -0.385. The molecule has 1 aliphatic rings. The minimum atomic E-state index is -0.580. The van der Waals surface area contributed by atoms with Crippen molar-refractivity contribution in [1.29, 1.82) is 0 Å². The first kappa shape index (κ1) is 25.4. The van der Waals surface area contributed by atoms with E-state index in [1.165, 1.54) is 25.3 Å². The molecule has 0 radical (unpaired) electrons.